The molecule has 2 atom stereocenters. The Bertz CT molecular complexity index is 2110. The fraction of sp³-hybridized carbons (Fsp3) is 0.340. The molecule has 2 unspecified atom stereocenters. The lowest BCUT2D eigenvalue weighted by Gasteiger charge is -2.36. The van der Waals surface area contributed by atoms with Crippen molar-refractivity contribution in [2.75, 3.05) is 4.90 Å². The second-order valence-electron chi connectivity index (χ2n) is 16.1. The predicted octanol–water partition coefficient (Wildman–Crippen LogP) is 12.1. The molecule has 9 rings (SSSR count). The molecule has 0 bridgehead atoms. The molecule has 1 heteroatoms. The monoisotopic (exact) mass is 625 g/mol. The number of nitrogens with zero attached hydrogens (tertiary/aromatic N) is 1. The number of benzene rings is 3. The summed E-state index contributed by atoms with van der Waals surface area (Å²) in [6.07, 6.45) is 24.5. The minimum absolute atomic E-state index is 0.00435. The number of fused-ring (bicyclic) bond motifs is 7. The molecule has 0 amide bonds. The van der Waals surface area contributed by atoms with E-state index in [9.17, 15) is 0 Å². The number of hydrogen-bond acceptors (Lipinski definition) is 1. The average Bonchev–Trinajstić information content (AvgIpc) is 3.91. The molecule has 0 aliphatic heterocycles. The van der Waals surface area contributed by atoms with Crippen LogP contribution in [-0.2, 0) is 18.3 Å². The van der Waals surface area contributed by atoms with Crippen LogP contribution in [0, 0.1) is 11.3 Å². The van der Waals surface area contributed by atoms with Gasteiger partial charge in [-0.15, -0.1) is 0 Å². The topological polar surface area (TPSA) is 3.24 Å². The van der Waals surface area contributed by atoms with Gasteiger partial charge in [0.2, 0.25) is 0 Å². The lowest BCUT2D eigenvalue weighted by molar-refractivity contribution is 0.229. The van der Waals surface area contributed by atoms with E-state index in [0.717, 1.165) is 32.1 Å². The maximum absolute atomic E-state index is 4.21. The summed E-state index contributed by atoms with van der Waals surface area (Å²) in [5.74, 6) is 0.750. The molecule has 3 aromatic carbocycles. The molecule has 0 spiro atoms. The van der Waals surface area contributed by atoms with Crippen molar-refractivity contribution in [2.24, 2.45) is 11.3 Å². The van der Waals surface area contributed by atoms with Crippen LogP contribution in [0.25, 0.3) is 17.2 Å². The molecule has 0 saturated carbocycles. The molecule has 0 aromatic heterocycles. The van der Waals surface area contributed by atoms with Gasteiger partial charge in [0, 0.05) is 40.5 Å². The van der Waals surface area contributed by atoms with Gasteiger partial charge in [-0.05, 0) is 99.8 Å². The minimum atomic E-state index is -0.00435. The van der Waals surface area contributed by atoms with Crippen LogP contribution >= 0.6 is 0 Å². The van der Waals surface area contributed by atoms with Crippen LogP contribution in [0.1, 0.15) is 106 Å². The van der Waals surface area contributed by atoms with E-state index in [1.807, 2.05) is 0 Å². The zero-order valence-corrected chi connectivity index (χ0v) is 29.3. The van der Waals surface area contributed by atoms with Gasteiger partial charge in [0.1, 0.15) is 0 Å². The third-order valence-corrected chi connectivity index (χ3v) is 12.4. The van der Waals surface area contributed by atoms with Crippen LogP contribution in [0.5, 0.6) is 0 Å². The van der Waals surface area contributed by atoms with Gasteiger partial charge in [-0.1, -0.05) is 132 Å². The average molecular weight is 626 g/mol. The van der Waals surface area contributed by atoms with Crippen LogP contribution in [0.15, 0.2) is 125 Å². The highest BCUT2D eigenvalue weighted by molar-refractivity contribution is 5.94. The molecular weight excluding hydrogens is 579 g/mol. The molecule has 3 aromatic rings. The van der Waals surface area contributed by atoms with Gasteiger partial charge < -0.3 is 4.90 Å². The Labute approximate surface area is 287 Å². The molecule has 1 nitrogen and oxygen atoms in total. The summed E-state index contributed by atoms with van der Waals surface area (Å²) in [6, 6.07) is 20.8. The summed E-state index contributed by atoms with van der Waals surface area (Å²) in [5, 5.41) is 0. The number of hydrogen-bond donors (Lipinski definition) is 0. The number of anilines is 1. The first-order chi connectivity index (χ1) is 23.3. The van der Waals surface area contributed by atoms with Crippen molar-refractivity contribution in [3.05, 3.63) is 158 Å². The Kier molecular flexibility index (Phi) is 6.73. The van der Waals surface area contributed by atoms with Gasteiger partial charge in [0.05, 0.1) is 11.4 Å². The van der Waals surface area contributed by atoms with Crippen LogP contribution in [0.2, 0.25) is 0 Å². The molecule has 0 radical (unpaired) electrons. The zero-order chi connectivity index (χ0) is 32.8. The Morgan fingerprint density at radius 1 is 1.00 bits per heavy atom. The summed E-state index contributed by atoms with van der Waals surface area (Å²) >= 11 is 0. The lowest BCUT2D eigenvalue weighted by atomic mass is 9.70. The molecule has 0 fully saturated rings. The Morgan fingerprint density at radius 2 is 1.83 bits per heavy atom. The quantitative estimate of drug-likeness (QED) is 0.185. The first kappa shape index (κ1) is 29.8. The maximum Gasteiger partial charge on any atom is 0.0665 e. The maximum atomic E-state index is 4.21. The number of allylic oxidation sites excluding steroid dienone is 9. The van der Waals surface area contributed by atoms with E-state index in [-0.39, 0.29) is 10.8 Å². The van der Waals surface area contributed by atoms with Gasteiger partial charge in [-0.2, -0.15) is 0 Å². The Morgan fingerprint density at radius 3 is 2.67 bits per heavy atom. The van der Waals surface area contributed by atoms with E-state index in [1.54, 1.807) is 0 Å². The molecule has 0 N–H and O–H groups in total. The van der Waals surface area contributed by atoms with Crippen molar-refractivity contribution in [2.45, 2.75) is 90.9 Å². The van der Waals surface area contributed by atoms with Crippen molar-refractivity contribution >= 4 is 11.8 Å². The molecular formula is C47H47N. The summed E-state index contributed by atoms with van der Waals surface area (Å²) in [4.78, 5) is 2.73. The highest BCUT2D eigenvalue weighted by atomic mass is 15.2. The SMILES string of the molecule is CCCC(C)(C)C1CC(N(C2=CC3C(=C2)C(C)(C)c2ccccc23)c2c3c(cc4c2-c2ccccc2C4)C=CCC3)=C=C1C1=CC=CC1. The summed E-state index contributed by atoms with van der Waals surface area (Å²) in [6.45, 7) is 12.2. The first-order valence-corrected chi connectivity index (χ1v) is 18.4. The van der Waals surface area contributed by atoms with E-state index < -0.39 is 0 Å². The molecule has 0 heterocycles. The minimum Gasteiger partial charge on any atom is -0.307 e. The zero-order valence-electron chi connectivity index (χ0n) is 29.3. The van der Waals surface area contributed by atoms with E-state index >= 15 is 0 Å². The molecule has 240 valence electrons. The van der Waals surface area contributed by atoms with E-state index in [4.69, 9.17) is 0 Å². The molecule has 6 aliphatic rings. The van der Waals surface area contributed by atoms with E-state index in [2.05, 4.69) is 142 Å². The normalized spacial score (nSPS) is 22.3. The third-order valence-electron chi connectivity index (χ3n) is 12.4. The Balaban J connectivity index is 1.31. The van der Waals surface area contributed by atoms with Gasteiger partial charge in [0.15, 0.2) is 0 Å². The fourth-order valence-corrected chi connectivity index (χ4v) is 10.1. The van der Waals surface area contributed by atoms with Gasteiger partial charge in [0.25, 0.3) is 0 Å². The standard InChI is InChI=1S/C47H47N/c1-6-23-46(2,3)42-28-34(26-39(42)30-15-7-8-16-30)48(35-27-40-38-21-13-14-22-41(38)47(4,5)43(40)29-35)45-37-20-12-10-18-32(37)25-33-24-31-17-9-11-19-36(31)44(33)45/h7-11,13-15,17-19,21-22,25,27,29,40,42H,6,12,16,20,23-24,28H2,1-5H3. The smallest absolute Gasteiger partial charge is 0.0665 e. The Hall–Kier alpha value is -4.32. The molecule has 48 heavy (non-hydrogen) atoms. The van der Waals surface area contributed by atoms with Crippen molar-refractivity contribution < 1.29 is 0 Å². The van der Waals surface area contributed by atoms with Crippen LogP contribution in [0.3, 0.4) is 0 Å². The second kappa shape index (κ2) is 10.8. The van der Waals surface area contributed by atoms with Crippen molar-refractivity contribution in [3.63, 3.8) is 0 Å². The van der Waals surface area contributed by atoms with Crippen LogP contribution < -0.4 is 4.90 Å². The van der Waals surface area contributed by atoms with Crippen molar-refractivity contribution in [1.82, 2.24) is 0 Å². The predicted molar refractivity (Wildman–Crippen MR) is 202 cm³/mol. The summed E-state index contributed by atoms with van der Waals surface area (Å²) in [5.41, 5.74) is 24.5. The van der Waals surface area contributed by atoms with Gasteiger partial charge in [-0.25, -0.2) is 0 Å². The van der Waals surface area contributed by atoms with Gasteiger partial charge in [-0.3, -0.25) is 0 Å². The third kappa shape index (κ3) is 4.37. The molecule has 6 aliphatic carbocycles. The van der Waals surface area contributed by atoms with E-state index in [0.29, 0.717) is 11.8 Å². The van der Waals surface area contributed by atoms with E-state index in [1.165, 1.54) is 91.2 Å². The van der Waals surface area contributed by atoms with Crippen LogP contribution in [-0.4, -0.2) is 0 Å². The summed E-state index contributed by atoms with van der Waals surface area (Å²) in [7, 11) is 0. The van der Waals surface area contributed by atoms with Gasteiger partial charge >= 0.3 is 0 Å². The van der Waals surface area contributed by atoms with Crippen molar-refractivity contribution in [1.29, 1.82) is 0 Å². The van der Waals surface area contributed by atoms with Crippen LogP contribution in [0.4, 0.5) is 5.69 Å². The van der Waals surface area contributed by atoms with Crippen molar-refractivity contribution in [3.8, 4) is 11.1 Å². The highest BCUT2D eigenvalue weighted by Crippen LogP contribution is 2.57. The first-order valence-electron chi connectivity index (χ1n) is 18.4. The lowest BCUT2D eigenvalue weighted by Crippen LogP contribution is -2.28. The summed E-state index contributed by atoms with van der Waals surface area (Å²) < 4.78 is 0. The number of rotatable bonds is 7. The highest BCUT2D eigenvalue weighted by Gasteiger charge is 2.45. The largest absolute Gasteiger partial charge is 0.307 e. The fourth-order valence-electron chi connectivity index (χ4n) is 10.1. The second-order valence-corrected chi connectivity index (χ2v) is 16.1. The molecule has 0 saturated heterocycles.